The van der Waals surface area contributed by atoms with Crippen LogP contribution in [0.2, 0.25) is 5.02 Å². The summed E-state index contributed by atoms with van der Waals surface area (Å²) >= 11 is 6.00. The van der Waals surface area contributed by atoms with E-state index in [1.807, 2.05) is 36.9 Å². The second-order valence-corrected chi connectivity index (χ2v) is 5.98. The second kappa shape index (κ2) is 6.10. The average molecular weight is 319 g/mol. The van der Waals surface area contributed by atoms with Crippen LogP contribution in [0.15, 0.2) is 23.8 Å². The van der Waals surface area contributed by atoms with Gasteiger partial charge in [-0.15, -0.1) is 0 Å². The van der Waals surface area contributed by atoms with Crippen molar-refractivity contribution in [3.8, 4) is 0 Å². The fourth-order valence-electron chi connectivity index (χ4n) is 2.60. The van der Waals surface area contributed by atoms with Gasteiger partial charge in [-0.3, -0.25) is 4.79 Å². The Morgan fingerprint density at radius 1 is 1.27 bits per heavy atom. The average Bonchev–Trinajstić information content (AvgIpc) is 2.96. The van der Waals surface area contributed by atoms with Gasteiger partial charge in [-0.1, -0.05) is 11.6 Å². The monoisotopic (exact) mass is 318 g/mol. The predicted molar refractivity (Wildman–Crippen MR) is 88.8 cm³/mol. The molecule has 5 nitrogen and oxygen atoms in total. The SMILES string of the molecule is C/C(C(=O)N1CCNCC1)=C(/C)c1nc2ccc(Cl)cc2[nH]1. The first-order valence-electron chi connectivity index (χ1n) is 7.39. The highest BCUT2D eigenvalue weighted by Crippen LogP contribution is 2.22. The lowest BCUT2D eigenvalue weighted by atomic mass is 10.1. The van der Waals surface area contributed by atoms with E-state index in [-0.39, 0.29) is 5.91 Å². The number of carbonyl (C=O) groups is 1. The minimum absolute atomic E-state index is 0.0810. The van der Waals surface area contributed by atoms with Crippen molar-refractivity contribution >= 4 is 34.1 Å². The fourth-order valence-corrected chi connectivity index (χ4v) is 2.77. The van der Waals surface area contributed by atoms with Crippen molar-refractivity contribution in [2.24, 2.45) is 0 Å². The van der Waals surface area contributed by atoms with Gasteiger partial charge in [-0.2, -0.15) is 0 Å². The zero-order valence-electron chi connectivity index (χ0n) is 12.7. The summed E-state index contributed by atoms with van der Waals surface area (Å²) in [6.07, 6.45) is 0. The van der Waals surface area contributed by atoms with Crippen LogP contribution < -0.4 is 5.32 Å². The van der Waals surface area contributed by atoms with Gasteiger partial charge in [0, 0.05) is 42.3 Å². The highest BCUT2D eigenvalue weighted by Gasteiger charge is 2.20. The molecule has 1 aliphatic heterocycles. The number of amides is 1. The van der Waals surface area contributed by atoms with Gasteiger partial charge in [0.1, 0.15) is 5.82 Å². The molecular formula is C16H19ClN4O. The Hall–Kier alpha value is -1.85. The Labute approximate surface area is 134 Å². The van der Waals surface area contributed by atoms with Crippen molar-refractivity contribution in [3.05, 3.63) is 34.6 Å². The normalized spacial score (nSPS) is 16.8. The molecule has 1 aromatic heterocycles. The van der Waals surface area contributed by atoms with Crippen LogP contribution in [0.5, 0.6) is 0 Å². The van der Waals surface area contributed by atoms with Gasteiger partial charge in [-0.05, 0) is 32.0 Å². The van der Waals surface area contributed by atoms with Crippen molar-refractivity contribution < 1.29 is 4.79 Å². The maximum Gasteiger partial charge on any atom is 0.249 e. The van der Waals surface area contributed by atoms with Gasteiger partial charge < -0.3 is 15.2 Å². The van der Waals surface area contributed by atoms with Gasteiger partial charge >= 0.3 is 0 Å². The van der Waals surface area contributed by atoms with Gasteiger partial charge in [0.2, 0.25) is 5.91 Å². The molecule has 0 spiro atoms. The van der Waals surface area contributed by atoms with Crippen LogP contribution in [0.3, 0.4) is 0 Å². The number of piperazine rings is 1. The smallest absolute Gasteiger partial charge is 0.249 e. The lowest BCUT2D eigenvalue weighted by Gasteiger charge is -2.28. The quantitative estimate of drug-likeness (QED) is 0.836. The number of nitrogens with zero attached hydrogens (tertiary/aromatic N) is 2. The molecule has 0 bridgehead atoms. The lowest BCUT2D eigenvalue weighted by molar-refractivity contribution is -0.127. The summed E-state index contributed by atoms with van der Waals surface area (Å²) < 4.78 is 0. The molecular weight excluding hydrogens is 300 g/mol. The van der Waals surface area contributed by atoms with E-state index < -0.39 is 0 Å². The molecule has 1 saturated heterocycles. The second-order valence-electron chi connectivity index (χ2n) is 5.54. The third-order valence-corrected chi connectivity index (χ3v) is 4.32. The van der Waals surface area contributed by atoms with Crippen molar-refractivity contribution in [3.63, 3.8) is 0 Å². The molecule has 116 valence electrons. The van der Waals surface area contributed by atoms with Crippen molar-refractivity contribution in [2.45, 2.75) is 13.8 Å². The molecule has 1 amide bonds. The predicted octanol–water partition coefficient (Wildman–Crippen LogP) is 2.44. The standard InChI is InChI=1S/C16H19ClN4O/c1-10(11(2)16(22)21-7-5-18-6-8-21)15-19-13-4-3-12(17)9-14(13)20-15/h3-4,9,18H,5-8H2,1-2H3,(H,19,20)/b11-10+. The minimum Gasteiger partial charge on any atom is -0.338 e. The summed E-state index contributed by atoms with van der Waals surface area (Å²) in [6.45, 7) is 6.98. The molecule has 0 aliphatic carbocycles. The Kier molecular flexibility index (Phi) is 4.18. The van der Waals surface area contributed by atoms with E-state index in [0.717, 1.165) is 54.2 Å². The summed E-state index contributed by atoms with van der Waals surface area (Å²) in [7, 11) is 0. The van der Waals surface area contributed by atoms with E-state index in [4.69, 9.17) is 11.6 Å². The third-order valence-electron chi connectivity index (χ3n) is 4.09. The number of allylic oxidation sites excluding steroid dienone is 1. The van der Waals surface area contributed by atoms with Crippen LogP contribution >= 0.6 is 11.6 Å². The Bertz CT molecular complexity index is 744. The molecule has 2 heterocycles. The third kappa shape index (κ3) is 2.87. The number of carbonyl (C=O) groups excluding carboxylic acids is 1. The van der Waals surface area contributed by atoms with Crippen LogP contribution in [0.1, 0.15) is 19.7 Å². The molecule has 6 heteroatoms. The number of benzene rings is 1. The summed E-state index contributed by atoms with van der Waals surface area (Å²) in [5.74, 6) is 0.802. The van der Waals surface area contributed by atoms with Crippen molar-refractivity contribution in [2.75, 3.05) is 26.2 Å². The minimum atomic E-state index is 0.0810. The van der Waals surface area contributed by atoms with E-state index in [0.29, 0.717) is 5.02 Å². The van der Waals surface area contributed by atoms with Gasteiger partial charge in [-0.25, -0.2) is 4.98 Å². The van der Waals surface area contributed by atoms with Gasteiger partial charge in [0.25, 0.3) is 0 Å². The highest BCUT2D eigenvalue weighted by atomic mass is 35.5. The molecule has 0 atom stereocenters. The molecule has 0 saturated carbocycles. The van der Waals surface area contributed by atoms with Gasteiger partial charge in [0.05, 0.1) is 11.0 Å². The number of aromatic amines is 1. The van der Waals surface area contributed by atoms with E-state index >= 15 is 0 Å². The summed E-state index contributed by atoms with van der Waals surface area (Å²) in [4.78, 5) is 22.2. The number of nitrogens with one attached hydrogen (secondary N) is 2. The number of aromatic nitrogens is 2. The molecule has 2 aromatic rings. The molecule has 3 rings (SSSR count). The number of hydrogen-bond acceptors (Lipinski definition) is 3. The number of rotatable bonds is 2. The first-order chi connectivity index (χ1) is 10.6. The van der Waals surface area contributed by atoms with E-state index in [2.05, 4.69) is 15.3 Å². The van der Waals surface area contributed by atoms with Crippen molar-refractivity contribution in [1.29, 1.82) is 0 Å². The number of H-pyrrole nitrogens is 1. The maximum atomic E-state index is 12.6. The molecule has 0 radical (unpaired) electrons. The summed E-state index contributed by atoms with van der Waals surface area (Å²) in [6, 6.07) is 5.53. The topological polar surface area (TPSA) is 61.0 Å². The molecule has 1 aromatic carbocycles. The zero-order valence-corrected chi connectivity index (χ0v) is 13.5. The number of imidazole rings is 1. The lowest BCUT2D eigenvalue weighted by Crippen LogP contribution is -2.46. The zero-order chi connectivity index (χ0) is 15.7. The summed E-state index contributed by atoms with van der Waals surface area (Å²) in [5, 5.41) is 3.92. The van der Waals surface area contributed by atoms with E-state index in [1.165, 1.54) is 0 Å². The molecule has 22 heavy (non-hydrogen) atoms. The molecule has 1 fully saturated rings. The van der Waals surface area contributed by atoms with Crippen LogP contribution in [-0.4, -0.2) is 47.0 Å². The van der Waals surface area contributed by atoms with E-state index in [9.17, 15) is 4.79 Å². The molecule has 1 aliphatic rings. The van der Waals surface area contributed by atoms with Crippen LogP contribution in [0, 0.1) is 0 Å². The number of hydrogen-bond donors (Lipinski definition) is 2. The van der Waals surface area contributed by atoms with Crippen molar-refractivity contribution in [1.82, 2.24) is 20.2 Å². The van der Waals surface area contributed by atoms with E-state index in [1.54, 1.807) is 0 Å². The molecule has 2 N–H and O–H groups in total. The Morgan fingerprint density at radius 2 is 2.00 bits per heavy atom. The first kappa shape index (κ1) is 15.1. The first-order valence-corrected chi connectivity index (χ1v) is 7.77. The fraction of sp³-hybridized carbons (Fsp3) is 0.375. The van der Waals surface area contributed by atoms with Gasteiger partial charge in [0.15, 0.2) is 0 Å². The Balaban J connectivity index is 1.91. The van der Waals surface area contributed by atoms with Crippen LogP contribution in [0.4, 0.5) is 0 Å². The molecule has 0 unspecified atom stereocenters. The van der Waals surface area contributed by atoms with Crippen LogP contribution in [0.25, 0.3) is 16.6 Å². The maximum absolute atomic E-state index is 12.6. The number of halogens is 1. The summed E-state index contributed by atoms with van der Waals surface area (Å²) in [5.41, 5.74) is 3.33. The largest absolute Gasteiger partial charge is 0.338 e. The Morgan fingerprint density at radius 3 is 2.73 bits per heavy atom. The number of fused-ring (bicyclic) bond motifs is 1. The highest BCUT2D eigenvalue weighted by molar-refractivity contribution is 6.31. The van der Waals surface area contributed by atoms with Crippen LogP contribution in [-0.2, 0) is 4.79 Å².